The van der Waals surface area contributed by atoms with Crippen molar-refractivity contribution in [3.8, 4) is 5.75 Å². The van der Waals surface area contributed by atoms with Gasteiger partial charge in [-0.1, -0.05) is 24.3 Å². The minimum Gasteiger partial charge on any atom is -0.497 e. The number of anilines is 1. The van der Waals surface area contributed by atoms with E-state index in [9.17, 15) is 14.7 Å². The Morgan fingerprint density at radius 1 is 1.20 bits per heavy atom. The van der Waals surface area contributed by atoms with Crippen LogP contribution in [-0.4, -0.2) is 41.8 Å². The van der Waals surface area contributed by atoms with Gasteiger partial charge in [-0.25, -0.2) is 0 Å². The van der Waals surface area contributed by atoms with Gasteiger partial charge in [-0.3, -0.25) is 14.5 Å². The van der Waals surface area contributed by atoms with Gasteiger partial charge in [-0.15, -0.1) is 11.8 Å². The summed E-state index contributed by atoms with van der Waals surface area (Å²) in [6.45, 7) is -0.497. The van der Waals surface area contributed by atoms with Crippen LogP contribution in [-0.2, 0) is 9.59 Å². The van der Waals surface area contributed by atoms with Gasteiger partial charge in [0, 0.05) is 4.90 Å². The molecule has 25 heavy (non-hydrogen) atoms. The van der Waals surface area contributed by atoms with Crippen molar-refractivity contribution in [1.29, 1.82) is 0 Å². The first kappa shape index (κ1) is 17.3. The number of carboxylic acid groups (broad SMARTS) is 1. The fourth-order valence-corrected chi connectivity index (χ4v) is 4.00. The number of para-hydroxylation sites is 1. The summed E-state index contributed by atoms with van der Waals surface area (Å²) in [4.78, 5) is 25.8. The number of methoxy groups -OCH3 is 1. The predicted octanol–water partition coefficient (Wildman–Crippen LogP) is 2.32. The number of carbonyl (C=O) groups excluding carboxylic acids is 1. The fraction of sp³-hybridized carbons (Fsp3) is 0.222. The summed E-state index contributed by atoms with van der Waals surface area (Å²) < 4.78 is 5.14. The molecular formula is C18H17NO5S. The Morgan fingerprint density at radius 3 is 2.52 bits per heavy atom. The van der Waals surface area contributed by atoms with Gasteiger partial charge in [-0.2, -0.15) is 0 Å². The molecule has 2 atom stereocenters. The SMILES string of the molecule is COc1ccc([C@@H]2Sc3ccccc3N(CC(=O)O)C(=O)[C@@H]2O)cc1. The average Bonchev–Trinajstić information content (AvgIpc) is 2.72. The van der Waals surface area contributed by atoms with E-state index >= 15 is 0 Å². The second kappa shape index (κ2) is 7.16. The summed E-state index contributed by atoms with van der Waals surface area (Å²) in [5.41, 5.74) is 1.26. The number of nitrogens with zero attached hydrogens (tertiary/aromatic N) is 1. The topological polar surface area (TPSA) is 87.1 Å². The molecule has 0 aromatic heterocycles. The lowest BCUT2D eigenvalue weighted by Crippen LogP contribution is -2.43. The van der Waals surface area contributed by atoms with Gasteiger partial charge in [0.2, 0.25) is 0 Å². The average molecular weight is 359 g/mol. The molecule has 2 aromatic carbocycles. The van der Waals surface area contributed by atoms with E-state index in [0.29, 0.717) is 11.4 Å². The molecule has 0 aliphatic carbocycles. The van der Waals surface area contributed by atoms with Crippen molar-refractivity contribution in [1.82, 2.24) is 0 Å². The number of benzene rings is 2. The van der Waals surface area contributed by atoms with Crippen molar-refractivity contribution >= 4 is 29.3 Å². The van der Waals surface area contributed by atoms with Crippen LogP contribution in [0.2, 0.25) is 0 Å². The molecule has 1 amide bonds. The number of ether oxygens (including phenoxy) is 1. The van der Waals surface area contributed by atoms with Crippen LogP contribution in [0, 0.1) is 0 Å². The number of carbonyl (C=O) groups is 2. The van der Waals surface area contributed by atoms with Gasteiger partial charge in [0.1, 0.15) is 18.4 Å². The highest BCUT2D eigenvalue weighted by Crippen LogP contribution is 2.45. The smallest absolute Gasteiger partial charge is 0.323 e. The zero-order valence-corrected chi connectivity index (χ0v) is 14.3. The number of carboxylic acids is 1. The van der Waals surface area contributed by atoms with E-state index in [1.807, 2.05) is 12.1 Å². The Bertz CT molecular complexity index is 792. The summed E-state index contributed by atoms with van der Waals surface area (Å²) in [7, 11) is 1.56. The maximum Gasteiger partial charge on any atom is 0.323 e. The maximum absolute atomic E-state index is 12.7. The van der Waals surface area contributed by atoms with E-state index in [2.05, 4.69) is 0 Å². The molecule has 7 heteroatoms. The van der Waals surface area contributed by atoms with E-state index in [1.165, 1.54) is 11.8 Å². The van der Waals surface area contributed by atoms with Crippen molar-refractivity contribution in [2.24, 2.45) is 0 Å². The lowest BCUT2D eigenvalue weighted by atomic mass is 10.1. The first-order valence-electron chi connectivity index (χ1n) is 7.62. The number of aliphatic hydroxyl groups excluding tert-OH is 1. The molecule has 0 bridgehead atoms. The third-order valence-electron chi connectivity index (χ3n) is 3.95. The predicted molar refractivity (Wildman–Crippen MR) is 94.0 cm³/mol. The molecule has 0 saturated heterocycles. The molecule has 0 saturated carbocycles. The van der Waals surface area contributed by atoms with E-state index in [0.717, 1.165) is 15.4 Å². The normalized spacial score (nSPS) is 19.9. The zero-order valence-electron chi connectivity index (χ0n) is 13.5. The fourth-order valence-electron chi connectivity index (χ4n) is 2.73. The number of aliphatic hydroxyl groups is 1. The van der Waals surface area contributed by atoms with Crippen molar-refractivity contribution in [2.75, 3.05) is 18.6 Å². The number of hydrogen-bond acceptors (Lipinski definition) is 5. The van der Waals surface area contributed by atoms with Crippen molar-refractivity contribution in [3.63, 3.8) is 0 Å². The summed E-state index contributed by atoms with van der Waals surface area (Å²) >= 11 is 1.34. The van der Waals surface area contributed by atoms with Crippen LogP contribution < -0.4 is 9.64 Å². The Kier molecular flexibility index (Phi) is 4.96. The molecule has 0 fully saturated rings. The van der Waals surface area contributed by atoms with E-state index in [-0.39, 0.29) is 0 Å². The first-order valence-corrected chi connectivity index (χ1v) is 8.50. The molecule has 2 N–H and O–H groups in total. The summed E-state index contributed by atoms with van der Waals surface area (Å²) in [5.74, 6) is -1.08. The van der Waals surface area contributed by atoms with Crippen molar-refractivity contribution in [3.05, 3.63) is 54.1 Å². The number of aliphatic carboxylic acids is 1. The largest absolute Gasteiger partial charge is 0.497 e. The number of thioether (sulfide) groups is 1. The van der Waals surface area contributed by atoms with Gasteiger partial charge in [0.25, 0.3) is 5.91 Å². The highest BCUT2D eigenvalue weighted by atomic mass is 32.2. The third-order valence-corrected chi connectivity index (χ3v) is 5.34. The van der Waals surface area contributed by atoms with Crippen molar-refractivity contribution in [2.45, 2.75) is 16.2 Å². The molecule has 0 spiro atoms. The Morgan fingerprint density at radius 2 is 1.88 bits per heavy atom. The van der Waals surface area contributed by atoms with Crippen LogP contribution in [0.15, 0.2) is 53.4 Å². The van der Waals surface area contributed by atoms with Gasteiger partial charge in [0.05, 0.1) is 18.0 Å². The monoisotopic (exact) mass is 359 g/mol. The van der Waals surface area contributed by atoms with Gasteiger partial charge < -0.3 is 14.9 Å². The second-order valence-electron chi connectivity index (χ2n) is 5.54. The second-order valence-corrected chi connectivity index (χ2v) is 6.73. The van der Waals surface area contributed by atoms with Crippen LogP contribution in [0.1, 0.15) is 10.8 Å². The van der Waals surface area contributed by atoms with Crippen LogP contribution in [0.4, 0.5) is 5.69 Å². The molecule has 3 rings (SSSR count). The molecule has 0 unspecified atom stereocenters. The summed E-state index contributed by atoms with van der Waals surface area (Å²) in [5, 5.41) is 19.2. The lowest BCUT2D eigenvalue weighted by molar-refractivity contribution is -0.137. The molecule has 130 valence electrons. The van der Waals surface area contributed by atoms with Crippen LogP contribution in [0.25, 0.3) is 0 Å². The number of hydrogen-bond donors (Lipinski definition) is 2. The molecule has 2 aromatic rings. The summed E-state index contributed by atoms with van der Waals surface area (Å²) in [6.07, 6.45) is -1.36. The molecule has 1 aliphatic heterocycles. The minimum absolute atomic E-state index is 0.495. The third kappa shape index (κ3) is 3.47. The van der Waals surface area contributed by atoms with Crippen LogP contribution >= 0.6 is 11.8 Å². The quantitative estimate of drug-likeness (QED) is 0.871. The Hall–Kier alpha value is -2.51. The maximum atomic E-state index is 12.7. The van der Waals surface area contributed by atoms with E-state index in [1.54, 1.807) is 43.5 Å². The molecule has 1 heterocycles. The number of amides is 1. The highest BCUT2D eigenvalue weighted by molar-refractivity contribution is 7.99. The minimum atomic E-state index is -1.36. The zero-order chi connectivity index (χ0) is 18.0. The summed E-state index contributed by atoms with van der Waals surface area (Å²) in [6, 6.07) is 14.2. The molecular weight excluding hydrogens is 342 g/mol. The van der Waals surface area contributed by atoms with Gasteiger partial charge >= 0.3 is 5.97 Å². The van der Waals surface area contributed by atoms with Crippen LogP contribution in [0.3, 0.4) is 0 Å². The highest BCUT2D eigenvalue weighted by Gasteiger charge is 2.37. The molecule has 1 aliphatic rings. The standard InChI is InChI=1S/C18H17NO5S/c1-24-12-8-6-11(7-9-12)17-16(22)18(23)19(10-15(20)21)13-4-2-3-5-14(13)25-17/h2-9,16-17,22H,10H2,1H3,(H,20,21)/t16-,17+/m1/s1. The molecule has 6 nitrogen and oxygen atoms in total. The Labute approximate surface area is 149 Å². The van der Waals surface area contributed by atoms with Crippen molar-refractivity contribution < 1.29 is 24.5 Å². The molecule has 0 radical (unpaired) electrons. The van der Waals surface area contributed by atoms with E-state index in [4.69, 9.17) is 9.84 Å². The number of fused-ring (bicyclic) bond motifs is 1. The first-order chi connectivity index (χ1) is 12.0. The van der Waals surface area contributed by atoms with Gasteiger partial charge in [-0.05, 0) is 29.8 Å². The Balaban J connectivity index is 2.03. The van der Waals surface area contributed by atoms with E-state index < -0.39 is 29.8 Å². The lowest BCUT2D eigenvalue weighted by Gasteiger charge is -2.23. The van der Waals surface area contributed by atoms with Gasteiger partial charge in [0.15, 0.2) is 0 Å². The number of rotatable bonds is 4. The van der Waals surface area contributed by atoms with Crippen LogP contribution in [0.5, 0.6) is 5.75 Å².